The Kier molecular flexibility index (Phi) is 1.32. The van der Waals surface area contributed by atoms with Crippen molar-refractivity contribution in [3.8, 4) is 0 Å². The normalized spacial score (nSPS) is 20.1. The minimum atomic E-state index is -0.199. The Bertz CT molecular complexity index is 194. The first-order valence-corrected chi connectivity index (χ1v) is 2.54. The maximum Gasteiger partial charge on any atom is 0.562 e. The van der Waals surface area contributed by atoms with E-state index in [-0.39, 0.29) is 6.03 Å². The standard InChI is InChI=1S/C5H7N3O/c1-8-3-2-4(6)7-5(8)9/h2-3H,1H3,(H2,6,7,9)/q+1/p+1. The minimum Gasteiger partial charge on any atom is -0.287 e. The van der Waals surface area contributed by atoms with Gasteiger partial charge in [-0.25, -0.2) is 0 Å². The molecule has 0 unspecified atom stereocenters. The van der Waals surface area contributed by atoms with Crippen LogP contribution in [0.25, 0.3) is 0 Å². The molecule has 4 nitrogen and oxygen atoms in total. The number of urea groups is 1. The highest BCUT2D eigenvalue weighted by Crippen LogP contribution is 1.78. The monoisotopic (exact) mass is 126 g/mol. The average Bonchev–Trinajstić information content (AvgIpc) is 1.80. The van der Waals surface area contributed by atoms with Crippen molar-refractivity contribution in [2.24, 2.45) is 5.73 Å². The van der Waals surface area contributed by atoms with Crippen LogP contribution >= 0.6 is 0 Å². The molecule has 1 heterocycles. The van der Waals surface area contributed by atoms with Gasteiger partial charge in [0.25, 0.3) is 5.84 Å². The molecule has 1 radical (unpaired) electrons. The van der Waals surface area contributed by atoms with Crippen molar-refractivity contribution in [1.29, 1.82) is 0 Å². The van der Waals surface area contributed by atoms with Crippen molar-refractivity contribution < 1.29 is 9.79 Å². The summed E-state index contributed by atoms with van der Waals surface area (Å²) >= 11 is 0. The number of amides is 2. The molecule has 0 atom stereocenters. The maximum atomic E-state index is 10.7. The first kappa shape index (κ1) is 5.97. The van der Waals surface area contributed by atoms with Crippen molar-refractivity contribution >= 4 is 11.9 Å². The lowest BCUT2D eigenvalue weighted by atomic mass is 10.5. The number of nitrogens with two attached hydrogens (primary N) is 1. The second kappa shape index (κ2) is 1.99. The van der Waals surface area contributed by atoms with Crippen LogP contribution in [0.1, 0.15) is 0 Å². The van der Waals surface area contributed by atoms with Crippen LogP contribution in [-0.4, -0.2) is 18.9 Å². The molecule has 0 aromatic heterocycles. The molecule has 0 saturated heterocycles. The van der Waals surface area contributed by atoms with Crippen molar-refractivity contribution in [3.63, 3.8) is 0 Å². The Labute approximate surface area is 52.7 Å². The topological polar surface area (TPSA) is 63.0 Å². The number of hydrogen-bond donors (Lipinski definition) is 2. The molecule has 0 aromatic rings. The van der Waals surface area contributed by atoms with Crippen LogP contribution in [0, 0.1) is 0 Å². The molecule has 47 valence electrons. The molecule has 1 rings (SSSR count). The maximum absolute atomic E-state index is 10.7. The first-order chi connectivity index (χ1) is 4.20. The fourth-order valence-corrected chi connectivity index (χ4v) is 0.513. The molecule has 1 aliphatic heterocycles. The fourth-order valence-electron chi connectivity index (χ4n) is 0.513. The van der Waals surface area contributed by atoms with E-state index in [1.165, 1.54) is 4.90 Å². The second-order valence-electron chi connectivity index (χ2n) is 1.81. The summed E-state index contributed by atoms with van der Waals surface area (Å²) in [6, 6.07) is -0.199. The van der Waals surface area contributed by atoms with E-state index in [1.54, 1.807) is 19.3 Å². The Balaban J connectivity index is 2.82. The van der Waals surface area contributed by atoms with Gasteiger partial charge in [-0.3, -0.25) is 5.73 Å². The molecule has 9 heavy (non-hydrogen) atoms. The summed E-state index contributed by atoms with van der Waals surface area (Å²) in [5.74, 6) is 0.387. The number of carbonyl (C=O) groups is 1. The highest BCUT2D eigenvalue weighted by Gasteiger charge is 2.24. The van der Waals surface area contributed by atoms with Gasteiger partial charge in [-0.05, 0) is 4.90 Å². The van der Waals surface area contributed by atoms with Crippen molar-refractivity contribution in [1.82, 2.24) is 4.90 Å². The summed E-state index contributed by atoms with van der Waals surface area (Å²) in [5.41, 5.74) is 5.26. The molecule has 1 aliphatic rings. The van der Waals surface area contributed by atoms with Crippen molar-refractivity contribution in [3.05, 3.63) is 12.3 Å². The summed E-state index contributed by atoms with van der Waals surface area (Å²) < 4.78 is 0. The van der Waals surface area contributed by atoms with E-state index in [2.05, 4.69) is 4.99 Å². The number of hydrogen-bond acceptors (Lipinski definition) is 2. The minimum absolute atomic E-state index is 0.199. The van der Waals surface area contributed by atoms with Gasteiger partial charge >= 0.3 is 6.03 Å². The quantitative estimate of drug-likeness (QED) is 0.363. The summed E-state index contributed by atoms with van der Waals surface area (Å²) in [4.78, 5) is 14.5. The first-order valence-electron chi connectivity index (χ1n) is 2.54. The lowest BCUT2D eigenvalue weighted by molar-refractivity contribution is -0.348. The molecule has 2 amide bonds. The van der Waals surface area contributed by atoms with Crippen LogP contribution in [-0.2, 0) is 0 Å². The van der Waals surface area contributed by atoms with Crippen LogP contribution < -0.4 is 15.6 Å². The number of carbonyl (C=O) groups excluding carboxylic acids is 1. The third-order valence-corrected chi connectivity index (χ3v) is 1.05. The van der Waals surface area contributed by atoms with E-state index >= 15 is 0 Å². The predicted octanol–water partition coefficient (Wildman–Crippen LogP) is -2.16. The molecular weight excluding hydrogens is 118 g/mol. The molecule has 0 aliphatic carbocycles. The van der Waals surface area contributed by atoms with Gasteiger partial charge in [-0.2, -0.15) is 9.79 Å². The zero-order valence-corrected chi connectivity index (χ0v) is 5.09. The third kappa shape index (κ3) is 1.14. The number of nitrogens with one attached hydrogen (secondary N) is 1. The van der Waals surface area contributed by atoms with Gasteiger partial charge < -0.3 is 0 Å². The van der Waals surface area contributed by atoms with Crippen LogP contribution in [0.3, 0.4) is 0 Å². The van der Waals surface area contributed by atoms with Crippen LogP contribution in [0.2, 0.25) is 0 Å². The van der Waals surface area contributed by atoms with Crippen molar-refractivity contribution in [2.45, 2.75) is 0 Å². The van der Waals surface area contributed by atoms with Gasteiger partial charge in [0, 0.05) is 0 Å². The summed E-state index contributed by atoms with van der Waals surface area (Å²) in [5, 5.41) is 0. The van der Waals surface area contributed by atoms with Gasteiger partial charge in [0.2, 0.25) is 0 Å². The summed E-state index contributed by atoms with van der Waals surface area (Å²) in [6.45, 7) is 0. The molecule has 0 aromatic carbocycles. The molecule has 0 bridgehead atoms. The van der Waals surface area contributed by atoms with E-state index in [4.69, 9.17) is 5.73 Å². The highest BCUT2D eigenvalue weighted by atomic mass is 16.2. The van der Waals surface area contributed by atoms with Crippen LogP contribution in [0.4, 0.5) is 4.79 Å². The predicted molar refractivity (Wildman–Crippen MR) is 32.8 cm³/mol. The average molecular weight is 126 g/mol. The second-order valence-corrected chi connectivity index (χ2v) is 1.81. The van der Waals surface area contributed by atoms with E-state index in [0.717, 1.165) is 0 Å². The van der Waals surface area contributed by atoms with Crippen LogP contribution in [0.15, 0.2) is 12.3 Å². The molecule has 0 fully saturated rings. The van der Waals surface area contributed by atoms with E-state index in [9.17, 15) is 4.79 Å². The number of rotatable bonds is 0. The van der Waals surface area contributed by atoms with Crippen molar-refractivity contribution in [2.75, 3.05) is 7.05 Å². The van der Waals surface area contributed by atoms with Gasteiger partial charge in [-0.15, -0.1) is 0 Å². The number of nitrogens with zero attached hydrogens (tertiary/aromatic N) is 1. The van der Waals surface area contributed by atoms with Gasteiger partial charge in [-0.1, -0.05) is 0 Å². The fraction of sp³-hybridized carbons (Fsp3) is 0.200. The van der Waals surface area contributed by atoms with E-state index in [0.29, 0.717) is 5.84 Å². The molecular formula is C5H8N3O+2. The summed E-state index contributed by atoms with van der Waals surface area (Å²) in [7, 11) is 1.65. The smallest absolute Gasteiger partial charge is 0.287 e. The van der Waals surface area contributed by atoms with E-state index < -0.39 is 0 Å². The third-order valence-electron chi connectivity index (χ3n) is 1.05. The largest absolute Gasteiger partial charge is 0.562 e. The summed E-state index contributed by atoms with van der Waals surface area (Å²) in [6.07, 6.45) is 3.23. The molecule has 4 heteroatoms. The molecule has 0 spiro atoms. The van der Waals surface area contributed by atoms with Crippen LogP contribution in [0.5, 0.6) is 0 Å². The Morgan fingerprint density at radius 3 is 2.89 bits per heavy atom. The lowest BCUT2D eigenvalue weighted by Crippen LogP contribution is -2.84. The zero-order valence-electron chi connectivity index (χ0n) is 5.09. The van der Waals surface area contributed by atoms with Gasteiger partial charge in [0.15, 0.2) is 6.20 Å². The highest BCUT2D eigenvalue weighted by molar-refractivity contribution is 5.92. The Morgan fingerprint density at radius 2 is 2.44 bits per heavy atom. The Morgan fingerprint density at radius 1 is 1.78 bits per heavy atom. The van der Waals surface area contributed by atoms with Gasteiger partial charge in [0.1, 0.15) is 7.05 Å². The molecule has 3 N–H and O–H groups in total. The lowest BCUT2D eigenvalue weighted by Gasteiger charge is -1.93. The SMILES string of the molecule is C[N+]1C=CC(N)=[NH+]C1=O. The number of amidine groups is 1. The van der Waals surface area contributed by atoms with E-state index in [1.807, 2.05) is 0 Å². The Hall–Kier alpha value is -1.16. The van der Waals surface area contributed by atoms with Gasteiger partial charge in [0.05, 0.1) is 6.08 Å². The zero-order chi connectivity index (χ0) is 6.85. The molecule has 0 saturated carbocycles.